The van der Waals surface area contributed by atoms with Gasteiger partial charge in [-0.05, 0) is 74.6 Å². The SMILES string of the molecule is Cc1ccc(-n2c(=O)c3c4c(sc3n3c(SCC(=O)Nc5ccc(Br)cc5)nnc23)CCCC4)cc1. The van der Waals surface area contributed by atoms with Crippen molar-refractivity contribution >= 4 is 66.6 Å². The first-order chi connectivity index (χ1) is 17.5. The summed E-state index contributed by atoms with van der Waals surface area (Å²) in [6, 6.07) is 15.3. The first-order valence-electron chi connectivity index (χ1n) is 11.7. The molecule has 1 N–H and O–H groups in total. The van der Waals surface area contributed by atoms with E-state index >= 15 is 0 Å². The molecule has 3 aromatic heterocycles. The van der Waals surface area contributed by atoms with Gasteiger partial charge in [-0.1, -0.05) is 45.4 Å². The van der Waals surface area contributed by atoms with Gasteiger partial charge in [0.25, 0.3) is 5.56 Å². The van der Waals surface area contributed by atoms with Gasteiger partial charge in [0.15, 0.2) is 5.16 Å². The van der Waals surface area contributed by atoms with Crippen LogP contribution in [0.3, 0.4) is 0 Å². The molecule has 6 rings (SSSR count). The van der Waals surface area contributed by atoms with Gasteiger partial charge in [-0.25, -0.2) is 8.97 Å². The van der Waals surface area contributed by atoms with E-state index in [2.05, 4.69) is 31.4 Å². The van der Waals surface area contributed by atoms with Crippen molar-refractivity contribution in [3.05, 3.63) is 79.4 Å². The van der Waals surface area contributed by atoms with Crippen molar-refractivity contribution < 1.29 is 4.79 Å². The molecule has 0 saturated carbocycles. The summed E-state index contributed by atoms with van der Waals surface area (Å²) in [4.78, 5) is 28.7. The van der Waals surface area contributed by atoms with Gasteiger partial charge in [-0.2, -0.15) is 0 Å². The van der Waals surface area contributed by atoms with E-state index in [4.69, 9.17) is 0 Å². The van der Waals surface area contributed by atoms with Gasteiger partial charge in [0.05, 0.1) is 16.8 Å². The maximum Gasteiger partial charge on any atom is 0.268 e. The van der Waals surface area contributed by atoms with Gasteiger partial charge in [0.1, 0.15) is 4.83 Å². The van der Waals surface area contributed by atoms with Crippen molar-refractivity contribution in [2.45, 2.75) is 37.8 Å². The summed E-state index contributed by atoms with van der Waals surface area (Å²) in [6.07, 6.45) is 4.11. The summed E-state index contributed by atoms with van der Waals surface area (Å²) in [5, 5.41) is 13.1. The Morgan fingerprint density at radius 1 is 1.08 bits per heavy atom. The Labute approximate surface area is 223 Å². The van der Waals surface area contributed by atoms with E-state index in [0.717, 1.165) is 62.9 Å². The molecule has 1 aliphatic carbocycles. The fourth-order valence-corrected chi connectivity index (χ4v) is 7.03. The summed E-state index contributed by atoms with van der Waals surface area (Å²) >= 11 is 6.38. The zero-order valence-corrected chi connectivity index (χ0v) is 22.7. The third-order valence-electron chi connectivity index (χ3n) is 6.34. The smallest absolute Gasteiger partial charge is 0.268 e. The Bertz CT molecular complexity index is 1670. The summed E-state index contributed by atoms with van der Waals surface area (Å²) in [5.74, 6) is 0.506. The zero-order valence-electron chi connectivity index (χ0n) is 19.5. The highest BCUT2D eigenvalue weighted by Crippen LogP contribution is 2.36. The molecule has 10 heteroatoms. The molecule has 0 spiro atoms. The number of thiophene rings is 1. The summed E-state index contributed by atoms with van der Waals surface area (Å²) in [7, 11) is 0. The predicted octanol–water partition coefficient (Wildman–Crippen LogP) is 5.78. The lowest BCUT2D eigenvalue weighted by molar-refractivity contribution is -0.113. The van der Waals surface area contributed by atoms with Crippen LogP contribution in [0.5, 0.6) is 0 Å². The molecule has 36 heavy (non-hydrogen) atoms. The quantitative estimate of drug-likeness (QED) is 0.267. The summed E-state index contributed by atoms with van der Waals surface area (Å²) < 4.78 is 4.56. The van der Waals surface area contributed by atoms with Crippen LogP contribution in [0.15, 0.2) is 63.0 Å². The molecule has 1 aliphatic rings. The predicted molar refractivity (Wildman–Crippen MR) is 149 cm³/mol. The van der Waals surface area contributed by atoms with Crippen molar-refractivity contribution in [1.82, 2.24) is 19.2 Å². The number of thioether (sulfide) groups is 1. The number of amides is 1. The van der Waals surface area contributed by atoms with E-state index in [1.54, 1.807) is 15.9 Å². The molecule has 0 unspecified atom stereocenters. The van der Waals surface area contributed by atoms with Crippen LogP contribution in [0.4, 0.5) is 5.69 Å². The molecule has 7 nitrogen and oxygen atoms in total. The number of hydrogen-bond donors (Lipinski definition) is 1. The van der Waals surface area contributed by atoms with Crippen LogP contribution in [0.2, 0.25) is 0 Å². The zero-order chi connectivity index (χ0) is 24.8. The number of aryl methyl sites for hydroxylation is 3. The lowest BCUT2D eigenvalue weighted by Crippen LogP contribution is -2.22. The third-order valence-corrected chi connectivity index (χ3v) is 9.08. The molecule has 182 valence electrons. The summed E-state index contributed by atoms with van der Waals surface area (Å²) in [5.41, 5.74) is 3.71. The minimum absolute atomic E-state index is 0.0577. The van der Waals surface area contributed by atoms with Gasteiger partial charge < -0.3 is 5.32 Å². The monoisotopic (exact) mass is 579 g/mol. The molecule has 1 amide bonds. The first kappa shape index (κ1) is 23.4. The standard InChI is InChI=1S/C26H22BrN5O2S2/c1-15-6-12-18(13-7-15)31-23(34)22-19-4-2-3-5-20(19)36-24(22)32-25(31)29-30-26(32)35-14-21(33)28-17-10-8-16(27)9-11-17/h6-13H,2-5,14H2,1H3,(H,28,33). The van der Waals surface area contributed by atoms with Crippen LogP contribution in [0, 0.1) is 6.92 Å². The lowest BCUT2D eigenvalue weighted by Gasteiger charge is -2.12. The molecule has 0 radical (unpaired) electrons. The summed E-state index contributed by atoms with van der Waals surface area (Å²) in [6.45, 7) is 2.02. The number of anilines is 1. The molecule has 0 fully saturated rings. The number of rotatable bonds is 5. The van der Waals surface area contributed by atoms with Gasteiger partial charge in [-0.15, -0.1) is 21.5 Å². The number of halogens is 1. The van der Waals surface area contributed by atoms with E-state index in [1.807, 2.05) is 59.9 Å². The normalized spacial score (nSPS) is 13.3. The highest BCUT2D eigenvalue weighted by molar-refractivity contribution is 9.10. The Morgan fingerprint density at radius 2 is 1.83 bits per heavy atom. The highest BCUT2D eigenvalue weighted by Gasteiger charge is 2.25. The second-order valence-corrected chi connectivity index (χ2v) is 11.8. The van der Waals surface area contributed by atoms with E-state index in [9.17, 15) is 9.59 Å². The lowest BCUT2D eigenvalue weighted by atomic mass is 9.97. The maximum atomic E-state index is 13.9. The Hall–Kier alpha value is -2.95. The Balaban J connectivity index is 1.44. The first-order valence-corrected chi connectivity index (χ1v) is 14.3. The van der Waals surface area contributed by atoms with Gasteiger partial charge in [0, 0.05) is 15.0 Å². The molecule has 5 aromatic rings. The third kappa shape index (κ3) is 4.16. The highest BCUT2D eigenvalue weighted by atomic mass is 79.9. The number of aromatic nitrogens is 4. The fraction of sp³-hybridized carbons (Fsp3) is 0.231. The number of nitrogens with one attached hydrogen (secondary N) is 1. The van der Waals surface area contributed by atoms with E-state index < -0.39 is 0 Å². The minimum Gasteiger partial charge on any atom is -0.325 e. The van der Waals surface area contributed by atoms with Crippen molar-refractivity contribution in [3.63, 3.8) is 0 Å². The fourth-order valence-electron chi connectivity index (χ4n) is 4.60. The van der Waals surface area contributed by atoms with E-state index in [-0.39, 0.29) is 17.2 Å². The maximum absolute atomic E-state index is 13.9. The molecular formula is C26H22BrN5O2S2. The molecule has 3 heterocycles. The Morgan fingerprint density at radius 3 is 2.61 bits per heavy atom. The number of fused-ring (bicyclic) bond motifs is 5. The topological polar surface area (TPSA) is 81.3 Å². The number of nitrogens with zero attached hydrogens (tertiary/aromatic N) is 4. The van der Waals surface area contributed by atoms with Crippen LogP contribution in [0.25, 0.3) is 21.7 Å². The van der Waals surface area contributed by atoms with Crippen LogP contribution in [-0.2, 0) is 17.6 Å². The second-order valence-electron chi connectivity index (χ2n) is 8.83. The molecule has 0 bridgehead atoms. The molecule has 0 atom stereocenters. The van der Waals surface area contributed by atoms with E-state index in [0.29, 0.717) is 10.9 Å². The molecule has 2 aromatic carbocycles. The molecule has 0 aliphatic heterocycles. The average Bonchev–Trinajstić information content (AvgIpc) is 3.47. The van der Waals surface area contributed by atoms with Crippen molar-refractivity contribution in [1.29, 1.82) is 0 Å². The van der Waals surface area contributed by atoms with Gasteiger partial charge >= 0.3 is 0 Å². The van der Waals surface area contributed by atoms with Gasteiger partial charge in [-0.3, -0.25) is 9.59 Å². The van der Waals surface area contributed by atoms with Crippen LogP contribution in [-0.4, -0.2) is 30.8 Å². The average molecular weight is 581 g/mol. The second kappa shape index (κ2) is 9.49. The van der Waals surface area contributed by atoms with Gasteiger partial charge in [0.2, 0.25) is 11.7 Å². The Kier molecular flexibility index (Phi) is 6.18. The number of benzene rings is 2. The van der Waals surface area contributed by atoms with E-state index in [1.165, 1.54) is 16.6 Å². The van der Waals surface area contributed by atoms with Crippen molar-refractivity contribution in [2.75, 3.05) is 11.1 Å². The number of hydrogen-bond acceptors (Lipinski definition) is 6. The molecule has 0 saturated heterocycles. The van der Waals surface area contributed by atoms with Crippen molar-refractivity contribution in [3.8, 4) is 5.69 Å². The van der Waals surface area contributed by atoms with Crippen molar-refractivity contribution in [2.24, 2.45) is 0 Å². The van der Waals surface area contributed by atoms with Crippen LogP contribution >= 0.6 is 39.0 Å². The van der Waals surface area contributed by atoms with Crippen LogP contribution < -0.4 is 10.9 Å². The van der Waals surface area contributed by atoms with Crippen LogP contribution in [0.1, 0.15) is 28.8 Å². The molecular weight excluding hydrogens is 558 g/mol. The largest absolute Gasteiger partial charge is 0.325 e. The number of carbonyl (C=O) groups excluding carboxylic acids is 1. The number of carbonyl (C=O) groups is 1. The minimum atomic E-state index is -0.132.